The Morgan fingerprint density at radius 2 is 1.94 bits per heavy atom. The number of urea groups is 1. The molecular weight excluding hydrogens is 442 g/mol. The highest BCUT2D eigenvalue weighted by molar-refractivity contribution is 5.95. The van der Waals surface area contributed by atoms with Crippen molar-refractivity contribution in [2.45, 2.75) is 39.8 Å². The molecule has 0 aromatic heterocycles. The zero-order valence-corrected chi connectivity index (χ0v) is 19.5. The van der Waals surface area contributed by atoms with E-state index in [9.17, 15) is 19.7 Å². The van der Waals surface area contributed by atoms with E-state index >= 15 is 0 Å². The highest BCUT2D eigenvalue weighted by Crippen LogP contribution is 2.42. The fourth-order valence-corrected chi connectivity index (χ4v) is 3.62. The molecule has 0 saturated carbocycles. The molecule has 10 heteroatoms. The smallest absolute Gasteiger partial charge is 0.338 e. The largest absolute Gasteiger partial charge is 0.493 e. The van der Waals surface area contributed by atoms with Crippen molar-refractivity contribution in [1.82, 2.24) is 10.6 Å². The summed E-state index contributed by atoms with van der Waals surface area (Å²) in [5.41, 5.74) is 2.23. The van der Waals surface area contributed by atoms with Gasteiger partial charge in [-0.05, 0) is 43.0 Å². The van der Waals surface area contributed by atoms with Crippen molar-refractivity contribution in [2.24, 2.45) is 0 Å². The lowest BCUT2D eigenvalue weighted by Crippen LogP contribution is -2.45. The normalized spacial score (nSPS) is 15.3. The maximum absolute atomic E-state index is 12.7. The van der Waals surface area contributed by atoms with Gasteiger partial charge in [0.25, 0.3) is 0 Å². The Morgan fingerprint density at radius 1 is 1.21 bits per heavy atom. The van der Waals surface area contributed by atoms with Crippen LogP contribution >= 0.6 is 0 Å². The molecular formula is C24H27N3O7. The quantitative estimate of drug-likeness (QED) is 0.322. The molecule has 10 nitrogen and oxygen atoms in total. The van der Waals surface area contributed by atoms with Gasteiger partial charge in [0.2, 0.25) is 5.75 Å². The van der Waals surface area contributed by atoms with Crippen molar-refractivity contribution in [2.75, 3.05) is 13.7 Å². The van der Waals surface area contributed by atoms with Gasteiger partial charge in [0, 0.05) is 11.8 Å². The molecule has 1 unspecified atom stereocenters. The lowest BCUT2D eigenvalue weighted by molar-refractivity contribution is -0.386. The summed E-state index contributed by atoms with van der Waals surface area (Å²) in [4.78, 5) is 36.3. The number of amides is 2. The van der Waals surface area contributed by atoms with E-state index in [0.29, 0.717) is 12.1 Å². The lowest BCUT2D eigenvalue weighted by atomic mass is 9.94. The molecule has 180 valence electrons. The van der Waals surface area contributed by atoms with Crippen LogP contribution < -0.4 is 20.1 Å². The Balaban J connectivity index is 2.04. The van der Waals surface area contributed by atoms with Crippen LogP contribution in [-0.2, 0) is 16.1 Å². The summed E-state index contributed by atoms with van der Waals surface area (Å²) in [5.74, 6) is -0.571. The maximum atomic E-state index is 12.7. The first-order chi connectivity index (χ1) is 16.3. The lowest BCUT2D eigenvalue weighted by Gasteiger charge is -2.28. The van der Waals surface area contributed by atoms with Gasteiger partial charge < -0.3 is 24.8 Å². The number of carbonyl (C=O) groups is 2. The first-order valence-electron chi connectivity index (χ1n) is 10.8. The molecule has 1 aliphatic rings. The van der Waals surface area contributed by atoms with Gasteiger partial charge in [-0.25, -0.2) is 9.59 Å². The number of esters is 1. The van der Waals surface area contributed by atoms with E-state index in [0.717, 1.165) is 11.1 Å². The number of aryl methyl sites for hydroxylation is 1. The number of allylic oxidation sites excluding steroid dienone is 1. The number of nitrogens with zero attached hydrogens (tertiary/aromatic N) is 1. The Bertz CT molecular complexity index is 1140. The van der Waals surface area contributed by atoms with Crippen molar-refractivity contribution in [1.29, 1.82) is 0 Å². The van der Waals surface area contributed by atoms with E-state index in [1.54, 1.807) is 6.92 Å². The minimum absolute atomic E-state index is 0.0458. The summed E-state index contributed by atoms with van der Waals surface area (Å²) in [6, 6.07) is 8.79. The van der Waals surface area contributed by atoms with E-state index < -0.39 is 23.0 Å². The number of benzene rings is 2. The summed E-state index contributed by atoms with van der Waals surface area (Å²) < 4.78 is 16.5. The molecule has 2 N–H and O–H groups in total. The van der Waals surface area contributed by atoms with Crippen molar-refractivity contribution in [3.05, 3.63) is 74.5 Å². The predicted molar refractivity (Wildman–Crippen MR) is 124 cm³/mol. The molecule has 3 rings (SSSR count). The number of hydrogen-bond donors (Lipinski definition) is 2. The van der Waals surface area contributed by atoms with Gasteiger partial charge in [-0.3, -0.25) is 10.1 Å². The molecule has 1 atom stereocenters. The Morgan fingerprint density at radius 3 is 2.59 bits per heavy atom. The van der Waals surface area contributed by atoms with Crippen LogP contribution in [0.3, 0.4) is 0 Å². The van der Waals surface area contributed by atoms with Crippen molar-refractivity contribution in [3.8, 4) is 11.5 Å². The average molecular weight is 469 g/mol. The van der Waals surface area contributed by atoms with Crippen LogP contribution in [0.4, 0.5) is 10.5 Å². The average Bonchev–Trinajstić information content (AvgIpc) is 2.80. The molecule has 0 aliphatic carbocycles. The summed E-state index contributed by atoms with van der Waals surface area (Å²) in [7, 11) is 1.36. The van der Waals surface area contributed by atoms with Gasteiger partial charge in [-0.15, -0.1) is 0 Å². The van der Waals surface area contributed by atoms with Gasteiger partial charge in [0.1, 0.15) is 6.61 Å². The molecule has 1 heterocycles. The zero-order valence-electron chi connectivity index (χ0n) is 19.5. The van der Waals surface area contributed by atoms with E-state index in [1.165, 1.54) is 19.2 Å². The van der Waals surface area contributed by atoms with Gasteiger partial charge >= 0.3 is 17.7 Å². The van der Waals surface area contributed by atoms with Crippen molar-refractivity contribution in [3.63, 3.8) is 0 Å². The van der Waals surface area contributed by atoms with E-state index in [2.05, 4.69) is 10.6 Å². The minimum atomic E-state index is -0.976. The second kappa shape index (κ2) is 10.7. The third kappa shape index (κ3) is 5.28. The predicted octanol–water partition coefficient (Wildman–Crippen LogP) is 4.07. The SMILES string of the molecule is CCCOC(=O)C1=C(C)NC(=O)NC1c1cc(OC)c(OCc2ccccc2C)c([N+](=O)[O-])c1. The number of nitro groups is 1. The van der Waals surface area contributed by atoms with Crippen molar-refractivity contribution >= 4 is 17.7 Å². The van der Waals surface area contributed by atoms with Gasteiger partial charge in [0.05, 0.1) is 30.3 Å². The summed E-state index contributed by atoms with van der Waals surface area (Å²) in [6.45, 7) is 5.64. The van der Waals surface area contributed by atoms with Crippen LogP contribution in [-0.4, -0.2) is 30.6 Å². The fourth-order valence-electron chi connectivity index (χ4n) is 3.62. The minimum Gasteiger partial charge on any atom is -0.493 e. The zero-order chi connectivity index (χ0) is 24.8. The van der Waals surface area contributed by atoms with E-state index in [1.807, 2.05) is 38.1 Å². The van der Waals surface area contributed by atoms with E-state index in [4.69, 9.17) is 14.2 Å². The third-order valence-electron chi connectivity index (χ3n) is 5.37. The number of carbonyl (C=O) groups excluding carboxylic acids is 2. The summed E-state index contributed by atoms with van der Waals surface area (Å²) >= 11 is 0. The number of ether oxygens (including phenoxy) is 3. The molecule has 34 heavy (non-hydrogen) atoms. The molecule has 2 aromatic rings. The number of rotatable bonds is 9. The Kier molecular flexibility index (Phi) is 7.72. The van der Waals surface area contributed by atoms with Gasteiger partial charge in [-0.2, -0.15) is 0 Å². The molecule has 0 bridgehead atoms. The molecule has 0 spiro atoms. The third-order valence-corrected chi connectivity index (χ3v) is 5.37. The summed E-state index contributed by atoms with van der Waals surface area (Å²) in [5, 5.41) is 17.1. The second-order valence-electron chi connectivity index (χ2n) is 7.75. The number of hydrogen-bond acceptors (Lipinski definition) is 7. The number of methoxy groups -OCH3 is 1. The topological polar surface area (TPSA) is 129 Å². The first kappa shape index (κ1) is 24.6. The standard InChI is InChI=1S/C24H27N3O7/c1-5-10-33-23(28)20-15(3)25-24(29)26-21(20)17-11-18(27(30)31)22(19(12-17)32-4)34-13-16-9-7-6-8-14(16)2/h6-9,11-12,21H,5,10,13H2,1-4H3,(H2,25,26,29). The molecule has 1 aliphatic heterocycles. The van der Waals surface area contributed by atoms with Gasteiger partial charge in [-0.1, -0.05) is 31.2 Å². The highest BCUT2D eigenvalue weighted by atomic mass is 16.6. The first-order valence-corrected chi connectivity index (χ1v) is 10.8. The van der Waals surface area contributed by atoms with Crippen LogP contribution in [0.2, 0.25) is 0 Å². The molecule has 2 amide bonds. The van der Waals surface area contributed by atoms with Crippen LogP contribution in [0.15, 0.2) is 47.7 Å². The Labute approximate surface area is 197 Å². The van der Waals surface area contributed by atoms with Crippen LogP contribution in [0.25, 0.3) is 0 Å². The highest BCUT2D eigenvalue weighted by Gasteiger charge is 2.35. The Hall–Kier alpha value is -4.08. The van der Waals surface area contributed by atoms with E-state index in [-0.39, 0.29) is 41.5 Å². The molecule has 2 aromatic carbocycles. The molecule has 0 fully saturated rings. The number of nitro benzene ring substituents is 1. The maximum Gasteiger partial charge on any atom is 0.338 e. The molecule has 0 radical (unpaired) electrons. The van der Waals surface area contributed by atoms with Gasteiger partial charge in [0.15, 0.2) is 5.75 Å². The van der Waals surface area contributed by atoms with Crippen LogP contribution in [0, 0.1) is 17.0 Å². The monoisotopic (exact) mass is 469 g/mol. The second-order valence-corrected chi connectivity index (χ2v) is 7.75. The van der Waals surface area contributed by atoms with Crippen LogP contribution in [0.1, 0.15) is 43.0 Å². The number of nitrogens with one attached hydrogen (secondary N) is 2. The van der Waals surface area contributed by atoms with Crippen molar-refractivity contribution < 1.29 is 28.7 Å². The molecule has 0 saturated heterocycles. The van der Waals surface area contributed by atoms with Crippen LogP contribution in [0.5, 0.6) is 11.5 Å². The summed E-state index contributed by atoms with van der Waals surface area (Å²) in [6.07, 6.45) is 0.620. The fraction of sp³-hybridized carbons (Fsp3) is 0.333.